The third-order valence-electron chi connectivity index (χ3n) is 7.41. The number of aryl methyl sites for hydroxylation is 1. The molecule has 42 heavy (non-hydrogen) atoms. The van der Waals surface area contributed by atoms with Gasteiger partial charge in [-0.3, -0.25) is 4.98 Å². The molecule has 0 amide bonds. The van der Waals surface area contributed by atoms with E-state index >= 15 is 0 Å². The number of anilines is 1. The molecule has 1 aliphatic heterocycles. The number of alkyl halides is 3. The highest BCUT2D eigenvalue weighted by Crippen LogP contribution is 2.44. The molecule has 5 nitrogen and oxygen atoms in total. The Morgan fingerprint density at radius 1 is 0.810 bits per heavy atom. The first kappa shape index (κ1) is 27.5. The van der Waals surface area contributed by atoms with Crippen LogP contribution in [0.4, 0.5) is 18.9 Å². The quantitative estimate of drug-likeness (QED) is 0.203. The zero-order chi connectivity index (χ0) is 29.4. The zero-order valence-corrected chi connectivity index (χ0v) is 23.7. The summed E-state index contributed by atoms with van der Waals surface area (Å²) in [7, 11) is 0. The van der Waals surface area contributed by atoms with Crippen molar-refractivity contribution in [3.8, 4) is 17.2 Å². The summed E-state index contributed by atoms with van der Waals surface area (Å²) in [6.07, 6.45) is -2.70. The largest absolute Gasteiger partial charge is 0.457 e. The molecule has 0 spiro atoms. The van der Waals surface area contributed by atoms with Crippen LogP contribution in [0.2, 0.25) is 0 Å². The van der Waals surface area contributed by atoms with E-state index in [4.69, 9.17) is 17.0 Å². The molecule has 5 aromatic rings. The van der Waals surface area contributed by atoms with Crippen LogP contribution >= 0.6 is 12.2 Å². The second-order valence-corrected chi connectivity index (χ2v) is 10.5. The Hall–Kier alpha value is -4.63. The Morgan fingerprint density at radius 2 is 1.52 bits per heavy atom. The minimum Gasteiger partial charge on any atom is -0.457 e. The molecular weight excluding hydrogens is 557 g/mol. The molecule has 0 aliphatic carbocycles. The van der Waals surface area contributed by atoms with Crippen molar-refractivity contribution < 1.29 is 17.9 Å². The van der Waals surface area contributed by atoms with Crippen LogP contribution in [-0.2, 0) is 6.18 Å². The Bertz CT molecular complexity index is 1720. The molecule has 3 heterocycles. The van der Waals surface area contributed by atoms with Crippen molar-refractivity contribution in [2.75, 3.05) is 4.90 Å². The molecule has 0 saturated carbocycles. The van der Waals surface area contributed by atoms with Gasteiger partial charge in [-0.2, -0.15) is 13.2 Å². The van der Waals surface area contributed by atoms with Gasteiger partial charge in [-0.25, -0.2) is 0 Å². The number of nitrogens with zero attached hydrogens (tertiary/aromatic N) is 3. The Balaban J connectivity index is 1.42. The Morgan fingerprint density at radius 3 is 2.21 bits per heavy atom. The van der Waals surface area contributed by atoms with Crippen LogP contribution in [0.15, 0.2) is 109 Å². The second-order valence-electron chi connectivity index (χ2n) is 10.1. The molecular formula is C33H27F3N4OS. The summed E-state index contributed by atoms with van der Waals surface area (Å²) < 4.78 is 48.5. The number of halogens is 3. The fourth-order valence-electron chi connectivity index (χ4n) is 5.55. The van der Waals surface area contributed by atoms with Crippen molar-refractivity contribution in [2.45, 2.75) is 32.1 Å². The molecule has 2 aromatic heterocycles. The summed E-state index contributed by atoms with van der Waals surface area (Å²) in [5, 5.41) is 3.98. The summed E-state index contributed by atoms with van der Waals surface area (Å²) in [4.78, 5) is 6.66. The average Bonchev–Trinajstić information content (AvgIpc) is 3.48. The number of pyridine rings is 1. The molecule has 2 unspecified atom stereocenters. The van der Waals surface area contributed by atoms with E-state index in [-0.39, 0.29) is 12.1 Å². The molecule has 1 fully saturated rings. The number of benzene rings is 3. The van der Waals surface area contributed by atoms with Gasteiger partial charge in [0, 0.05) is 29.0 Å². The highest BCUT2D eigenvalue weighted by molar-refractivity contribution is 7.80. The van der Waals surface area contributed by atoms with Crippen molar-refractivity contribution >= 4 is 23.0 Å². The molecule has 0 bridgehead atoms. The van der Waals surface area contributed by atoms with Gasteiger partial charge in [0.1, 0.15) is 11.5 Å². The molecule has 9 heteroatoms. The first-order chi connectivity index (χ1) is 20.2. The number of hydrogen-bond acceptors (Lipinski definition) is 3. The van der Waals surface area contributed by atoms with E-state index in [1.54, 1.807) is 12.3 Å². The number of aromatic nitrogens is 2. The molecule has 3 aromatic carbocycles. The molecule has 0 radical (unpaired) electrons. The van der Waals surface area contributed by atoms with E-state index in [0.29, 0.717) is 16.5 Å². The minimum atomic E-state index is -4.44. The van der Waals surface area contributed by atoms with Crippen LogP contribution < -0.4 is 15.0 Å². The number of rotatable bonds is 6. The molecule has 1 N–H and O–H groups in total. The fourth-order valence-corrected chi connectivity index (χ4v) is 5.90. The van der Waals surface area contributed by atoms with Gasteiger partial charge in [0.25, 0.3) is 0 Å². The van der Waals surface area contributed by atoms with Crippen LogP contribution in [0.1, 0.15) is 40.3 Å². The van der Waals surface area contributed by atoms with E-state index in [1.807, 2.05) is 102 Å². The number of nitrogens with one attached hydrogen (secondary N) is 1. The lowest BCUT2D eigenvalue weighted by Crippen LogP contribution is -2.29. The lowest BCUT2D eigenvalue weighted by molar-refractivity contribution is -0.137. The van der Waals surface area contributed by atoms with Crippen molar-refractivity contribution in [1.82, 2.24) is 14.9 Å². The first-order valence-corrected chi connectivity index (χ1v) is 13.8. The highest BCUT2D eigenvalue weighted by atomic mass is 32.1. The van der Waals surface area contributed by atoms with Gasteiger partial charge < -0.3 is 19.5 Å². The van der Waals surface area contributed by atoms with E-state index in [0.717, 1.165) is 40.1 Å². The lowest BCUT2D eigenvalue weighted by Gasteiger charge is -2.28. The number of para-hydroxylation sites is 1. The average molecular weight is 585 g/mol. The van der Waals surface area contributed by atoms with Gasteiger partial charge in [-0.1, -0.05) is 30.3 Å². The summed E-state index contributed by atoms with van der Waals surface area (Å²) in [5.74, 6) is 1.42. The Kier molecular flexibility index (Phi) is 7.20. The number of hydrogen-bond donors (Lipinski definition) is 1. The van der Waals surface area contributed by atoms with Crippen molar-refractivity contribution in [1.29, 1.82) is 0 Å². The van der Waals surface area contributed by atoms with E-state index in [2.05, 4.69) is 10.3 Å². The predicted molar refractivity (Wildman–Crippen MR) is 161 cm³/mol. The van der Waals surface area contributed by atoms with Crippen molar-refractivity contribution in [2.24, 2.45) is 0 Å². The maximum atomic E-state index is 13.6. The summed E-state index contributed by atoms with van der Waals surface area (Å²) >= 11 is 5.87. The van der Waals surface area contributed by atoms with Gasteiger partial charge >= 0.3 is 6.18 Å². The van der Waals surface area contributed by atoms with E-state index in [1.165, 1.54) is 12.1 Å². The zero-order valence-electron chi connectivity index (χ0n) is 22.8. The lowest BCUT2D eigenvalue weighted by atomic mass is 9.96. The van der Waals surface area contributed by atoms with Crippen LogP contribution in [0.5, 0.6) is 11.5 Å². The van der Waals surface area contributed by atoms with Crippen molar-refractivity contribution in [3.05, 3.63) is 138 Å². The van der Waals surface area contributed by atoms with Crippen LogP contribution in [0, 0.1) is 13.8 Å². The maximum absolute atomic E-state index is 13.6. The van der Waals surface area contributed by atoms with Crippen molar-refractivity contribution in [3.63, 3.8) is 0 Å². The highest BCUT2D eigenvalue weighted by Gasteiger charge is 2.42. The second kappa shape index (κ2) is 11.0. The summed E-state index contributed by atoms with van der Waals surface area (Å²) in [5.41, 5.74) is 3.97. The van der Waals surface area contributed by atoms with Gasteiger partial charge in [-0.15, -0.1) is 0 Å². The number of ether oxygens (including phenoxy) is 1. The monoisotopic (exact) mass is 584 g/mol. The molecule has 2 atom stereocenters. The summed E-state index contributed by atoms with van der Waals surface area (Å²) in [6, 6.07) is 29.7. The summed E-state index contributed by atoms with van der Waals surface area (Å²) in [6.45, 7) is 3.82. The predicted octanol–water partition coefficient (Wildman–Crippen LogP) is 8.48. The standard InChI is InChI=1S/C33H27F3N4OS/c1-21-19-28(22(2)39(21)25-10-8-9-23(20-25)33(34,35)36)31-30(29-13-6-7-18-37-29)38-32(42)40(31)24-14-16-27(17-15-24)41-26-11-4-3-5-12-26/h3-20,30-31H,1-2H3,(H,38,42). The van der Waals surface area contributed by atoms with Crippen LogP contribution in [-0.4, -0.2) is 14.7 Å². The minimum absolute atomic E-state index is 0.297. The normalized spacial score (nSPS) is 16.9. The third kappa shape index (κ3) is 5.23. The third-order valence-corrected chi connectivity index (χ3v) is 7.73. The SMILES string of the molecule is Cc1cc(C2C(c3ccccn3)NC(=S)N2c2ccc(Oc3ccccc3)cc2)c(C)n1-c1cccc(C(F)(F)F)c1. The van der Waals surface area contributed by atoms with Crippen LogP contribution in [0.25, 0.3) is 5.69 Å². The molecule has 6 rings (SSSR count). The van der Waals surface area contributed by atoms with E-state index < -0.39 is 11.7 Å². The smallest absolute Gasteiger partial charge is 0.416 e. The molecule has 1 aliphatic rings. The first-order valence-electron chi connectivity index (χ1n) is 13.4. The fraction of sp³-hybridized carbons (Fsp3) is 0.152. The molecule has 212 valence electrons. The number of thiocarbonyl (C=S) groups is 1. The molecule has 1 saturated heterocycles. The van der Waals surface area contributed by atoms with Gasteiger partial charge in [-0.05, 0) is 104 Å². The van der Waals surface area contributed by atoms with Gasteiger partial charge in [0.2, 0.25) is 0 Å². The van der Waals surface area contributed by atoms with Gasteiger partial charge in [0.05, 0.1) is 23.3 Å². The van der Waals surface area contributed by atoms with E-state index in [9.17, 15) is 13.2 Å². The maximum Gasteiger partial charge on any atom is 0.416 e. The van der Waals surface area contributed by atoms with Crippen LogP contribution in [0.3, 0.4) is 0 Å². The Labute approximate surface area is 247 Å². The van der Waals surface area contributed by atoms with Gasteiger partial charge in [0.15, 0.2) is 5.11 Å². The topological polar surface area (TPSA) is 42.3 Å².